The SMILES string of the molecule is CC1(C)OCC(c2ccc(CC(C)(C)C(=O)O)cc2)O1. The third kappa shape index (κ3) is 3.38. The van der Waals surface area contributed by atoms with E-state index in [4.69, 9.17) is 14.6 Å². The normalized spacial score (nSPS) is 21.9. The molecule has 2 rings (SSSR count). The van der Waals surface area contributed by atoms with Crippen LogP contribution in [0.1, 0.15) is 44.9 Å². The number of carbonyl (C=O) groups is 1. The molecule has 1 N–H and O–H groups in total. The lowest BCUT2D eigenvalue weighted by atomic mass is 9.85. The fraction of sp³-hybridized carbons (Fsp3) is 0.562. The van der Waals surface area contributed by atoms with Gasteiger partial charge in [0, 0.05) is 0 Å². The molecule has 0 aliphatic carbocycles. The first kappa shape index (κ1) is 15.0. The van der Waals surface area contributed by atoms with Crippen molar-refractivity contribution in [2.45, 2.75) is 46.0 Å². The van der Waals surface area contributed by atoms with Crippen LogP contribution in [0.4, 0.5) is 0 Å². The van der Waals surface area contributed by atoms with Crippen molar-refractivity contribution in [3.05, 3.63) is 35.4 Å². The summed E-state index contributed by atoms with van der Waals surface area (Å²) in [5, 5.41) is 9.15. The smallest absolute Gasteiger partial charge is 0.309 e. The molecule has 1 unspecified atom stereocenters. The van der Waals surface area contributed by atoms with Gasteiger partial charge in [0.2, 0.25) is 0 Å². The summed E-state index contributed by atoms with van der Waals surface area (Å²) in [4.78, 5) is 11.1. The van der Waals surface area contributed by atoms with E-state index < -0.39 is 17.2 Å². The maximum absolute atomic E-state index is 11.1. The number of rotatable bonds is 4. The highest BCUT2D eigenvalue weighted by molar-refractivity contribution is 5.74. The molecule has 1 atom stereocenters. The van der Waals surface area contributed by atoms with Gasteiger partial charge in [0.1, 0.15) is 6.10 Å². The van der Waals surface area contributed by atoms with E-state index >= 15 is 0 Å². The Morgan fingerprint density at radius 1 is 1.35 bits per heavy atom. The summed E-state index contributed by atoms with van der Waals surface area (Å²) >= 11 is 0. The Bertz CT molecular complexity index is 488. The van der Waals surface area contributed by atoms with E-state index in [1.165, 1.54) is 0 Å². The fourth-order valence-electron chi connectivity index (χ4n) is 2.29. The summed E-state index contributed by atoms with van der Waals surface area (Å²) in [6, 6.07) is 7.91. The Kier molecular flexibility index (Phi) is 3.89. The van der Waals surface area contributed by atoms with Crippen LogP contribution in [0.5, 0.6) is 0 Å². The molecule has 4 nitrogen and oxygen atoms in total. The Hall–Kier alpha value is -1.39. The molecule has 4 heteroatoms. The van der Waals surface area contributed by atoms with Gasteiger partial charge in [-0.15, -0.1) is 0 Å². The maximum atomic E-state index is 11.1. The minimum atomic E-state index is -0.782. The summed E-state index contributed by atoms with van der Waals surface area (Å²) in [5.74, 6) is -1.31. The number of hydrogen-bond acceptors (Lipinski definition) is 3. The van der Waals surface area contributed by atoms with Crippen LogP contribution in [0.25, 0.3) is 0 Å². The van der Waals surface area contributed by atoms with Crippen LogP contribution in [0, 0.1) is 5.41 Å². The van der Waals surface area contributed by atoms with Crippen molar-refractivity contribution in [1.82, 2.24) is 0 Å². The van der Waals surface area contributed by atoms with Crippen molar-refractivity contribution in [1.29, 1.82) is 0 Å². The maximum Gasteiger partial charge on any atom is 0.309 e. The third-order valence-corrected chi connectivity index (χ3v) is 3.58. The minimum absolute atomic E-state index is 0.0495. The lowest BCUT2D eigenvalue weighted by Crippen LogP contribution is -2.26. The van der Waals surface area contributed by atoms with E-state index in [9.17, 15) is 4.79 Å². The first-order valence-electron chi connectivity index (χ1n) is 6.84. The molecule has 0 bridgehead atoms. The lowest BCUT2D eigenvalue weighted by molar-refractivity contribution is -0.146. The minimum Gasteiger partial charge on any atom is -0.481 e. The summed E-state index contributed by atoms with van der Waals surface area (Å²) in [7, 11) is 0. The molecule has 1 heterocycles. The van der Waals surface area contributed by atoms with E-state index in [0.29, 0.717) is 13.0 Å². The van der Waals surface area contributed by atoms with Gasteiger partial charge in [-0.2, -0.15) is 0 Å². The Morgan fingerprint density at radius 2 is 1.95 bits per heavy atom. The van der Waals surface area contributed by atoms with Crippen molar-refractivity contribution in [3.63, 3.8) is 0 Å². The molecule has 0 aromatic heterocycles. The lowest BCUT2D eigenvalue weighted by Gasteiger charge is -2.20. The molecule has 1 aliphatic rings. The van der Waals surface area contributed by atoms with Gasteiger partial charge in [-0.05, 0) is 45.2 Å². The second-order valence-electron chi connectivity index (χ2n) is 6.42. The van der Waals surface area contributed by atoms with Crippen LogP contribution in [-0.2, 0) is 20.7 Å². The number of benzene rings is 1. The number of carboxylic acids is 1. The van der Waals surface area contributed by atoms with Crippen LogP contribution in [0.3, 0.4) is 0 Å². The van der Waals surface area contributed by atoms with Gasteiger partial charge in [-0.3, -0.25) is 4.79 Å². The Labute approximate surface area is 119 Å². The van der Waals surface area contributed by atoms with Crippen molar-refractivity contribution in [2.24, 2.45) is 5.41 Å². The zero-order chi connectivity index (χ0) is 15.0. The van der Waals surface area contributed by atoms with Crippen molar-refractivity contribution < 1.29 is 19.4 Å². The van der Waals surface area contributed by atoms with Crippen molar-refractivity contribution in [2.75, 3.05) is 6.61 Å². The summed E-state index contributed by atoms with van der Waals surface area (Å²) in [6.45, 7) is 7.82. The fourth-order valence-corrected chi connectivity index (χ4v) is 2.29. The molecular formula is C16H22O4. The monoisotopic (exact) mass is 278 g/mol. The average Bonchev–Trinajstić information content (AvgIpc) is 2.70. The van der Waals surface area contributed by atoms with Crippen LogP contribution in [-0.4, -0.2) is 23.5 Å². The standard InChI is InChI=1S/C16H22O4/c1-15(2,14(17)18)9-11-5-7-12(8-6-11)13-10-19-16(3,4)20-13/h5-8,13H,9-10H2,1-4H3,(H,17,18). The Morgan fingerprint density at radius 3 is 2.40 bits per heavy atom. The van der Waals surface area contributed by atoms with Crippen LogP contribution in [0.2, 0.25) is 0 Å². The zero-order valence-corrected chi connectivity index (χ0v) is 12.5. The molecular weight excluding hydrogens is 256 g/mol. The first-order chi connectivity index (χ1) is 9.20. The summed E-state index contributed by atoms with van der Waals surface area (Å²) < 4.78 is 11.3. The molecule has 1 fully saturated rings. The largest absolute Gasteiger partial charge is 0.481 e. The van der Waals surface area contributed by atoms with Gasteiger partial charge in [0.15, 0.2) is 5.79 Å². The second kappa shape index (κ2) is 5.19. The van der Waals surface area contributed by atoms with Crippen LogP contribution >= 0.6 is 0 Å². The van der Waals surface area contributed by atoms with Crippen LogP contribution < -0.4 is 0 Å². The zero-order valence-electron chi connectivity index (χ0n) is 12.5. The highest BCUT2D eigenvalue weighted by Crippen LogP contribution is 2.33. The van der Waals surface area contributed by atoms with E-state index in [0.717, 1.165) is 11.1 Å². The molecule has 0 saturated carbocycles. The molecule has 1 saturated heterocycles. The quantitative estimate of drug-likeness (QED) is 0.919. The predicted molar refractivity (Wildman–Crippen MR) is 75.4 cm³/mol. The second-order valence-corrected chi connectivity index (χ2v) is 6.42. The van der Waals surface area contributed by atoms with E-state index in [-0.39, 0.29) is 6.10 Å². The number of carboxylic acid groups (broad SMARTS) is 1. The highest BCUT2D eigenvalue weighted by atomic mass is 16.7. The molecule has 20 heavy (non-hydrogen) atoms. The summed E-state index contributed by atoms with van der Waals surface area (Å²) in [5.41, 5.74) is 1.32. The topological polar surface area (TPSA) is 55.8 Å². The van der Waals surface area contributed by atoms with Gasteiger partial charge in [0.25, 0.3) is 0 Å². The number of aliphatic carboxylic acids is 1. The van der Waals surface area contributed by atoms with Gasteiger partial charge in [-0.1, -0.05) is 24.3 Å². The van der Waals surface area contributed by atoms with Gasteiger partial charge in [-0.25, -0.2) is 0 Å². The van der Waals surface area contributed by atoms with Crippen molar-refractivity contribution >= 4 is 5.97 Å². The molecule has 110 valence electrons. The van der Waals surface area contributed by atoms with Crippen molar-refractivity contribution in [3.8, 4) is 0 Å². The van der Waals surface area contributed by atoms with Gasteiger partial charge >= 0.3 is 5.97 Å². The molecule has 0 amide bonds. The first-order valence-corrected chi connectivity index (χ1v) is 6.84. The molecule has 0 spiro atoms. The summed E-state index contributed by atoms with van der Waals surface area (Å²) in [6.07, 6.45) is 0.461. The predicted octanol–water partition coefficient (Wildman–Crippen LogP) is 3.16. The van der Waals surface area contributed by atoms with E-state index in [1.807, 2.05) is 38.1 Å². The number of ether oxygens (including phenoxy) is 2. The number of hydrogen-bond donors (Lipinski definition) is 1. The third-order valence-electron chi connectivity index (χ3n) is 3.58. The van der Waals surface area contributed by atoms with Crippen LogP contribution in [0.15, 0.2) is 24.3 Å². The van der Waals surface area contributed by atoms with Gasteiger partial charge < -0.3 is 14.6 Å². The molecule has 1 aromatic rings. The average molecular weight is 278 g/mol. The Balaban J connectivity index is 2.06. The van der Waals surface area contributed by atoms with E-state index in [1.54, 1.807) is 13.8 Å². The van der Waals surface area contributed by atoms with E-state index in [2.05, 4.69) is 0 Å². The molecule has 1 aromatic carbocycles. The molecule has 1 aliphatic heterocycles. The van der Waals surface area contributed by atoms with Gasteiger partial charge in [0.05, 0.1) is 12.0 Å². The highest BCUT2D eigenvalue weighted by Gasteiger charge is 2.33. The molecule has 0 radical (unpaired) electrons.